The van der Waals surface area contributed by atoms with Gasteiger partial charge in [-0.05, 0) is 29.7 Å². The van der Waals surface area contributed by atoms with Crippen molar-refractivity contribution in [3.05, 3.63) is 35.5 Å². The number of amides is 2. The molecule has 2 N–H and O–H groups in total. The normalized spacial score (nSPS) is 20.8. The summed E-state index contributed by atoms with van der Waals surface area (Å²) in [6, 6.07) is 6.76. The first-order valence-corrected chi connectivity index (χ1v) is 6.48. The first-order chi connectivity index (χ1) is 9.51. The molecule has 106 valence electrons. The van der Waals surface area contributed by atoms with Crippen molar-refractivity contribution < 1.29 is 14.3 Å². The summed E-state index contributed by atoms with van der Waals surface area (Å²) < 4.78 is 5.07. The van der Waals surface area contributed by atoms with E-state index in [9.17, 15) is 9.59 Å². The van der Waals surface area contributed by atoms with Gasteiger partial charge in [0.05, 0.1) is 7.11 Å². The molecule has 1 aliphatic heterocycles. The zero-order chi connectivity index (χ0) is 14.7. The van der Waals surface area contributed by atoms with Gasteiger partial charge in [0.15, 0.2) is 0 Å². The lowest BCUT2D eigenvalue weighted by Gasteiger charge is -2.27. The molecule has 0 radical (unpaired) electrons. The molecule has 0 bridgehead atoms. The van der Waals surface area contributed by atoms with Crippen LogP contribution in [0.3, 0.4) is 0 Å². The Morgan fingerprint density at radius 2 is 1.85 bits per heavy atom. The third-order valence-electron chi connectivity index (χ3n) is 3.17. The highest BCUT2D eigenvalue weighted by molar-refractivity contribution is 6.07. The number of methoxy groups -OCH3 is 1. The quantitative estimate of drug-likeness (QED) is 0.817. The fourth-order valence-corrected chi connectivity index (χ4v) is 1.99. The number of nitrogens with one attached hydrogen (secondary N) is 2. The van der Waals surface area contributed by atoms with Gasteiger partial charge < -0.3 is 15.4 Å². The monoisotopic (exact) mass is 274 g/mol. The van der Waals surface area contributed by atoms with Gasteiger partial charge in [0.25, 0.3) is 5.91 Å². The van der Waals surface area contributed by atoms with Crippen LogP contribution in [0.15, 0.2) is 30.0 Å². The van der Waals surface area contributed by atoms with Crippen molar-refractivity contribution >= 4 is 17.9 Å². The van der Waals surface area contributed by atoms with Crippen LogP contribution in [0, 0.1) is 5.92 Å². The lowest BCUT2D eigenvalue weighted by Crippen LogP contribution is -2.56. The van der Waals surface area contributed by atoms with Crippen LogP contribution >= 0.6 is 0 Å². The number of carbonyl (C=O) groups excluding carboxylic acids is 2. The molecule has 1 heterocycles. The van der Waals surface area contributed by atoms with Crippen molar-refractivity contribution in [2.24, 2.45) is 5.92 Å². The summed E-state index contributed by atoms with van der Waals surface area (Å²) in [7, 11) is 1.59. The number of piperazine rings is 1. The zero-order valence-electron chi connectivity index (χ0n) is 11.8. The zero-order valence-corrected chi connectivity index (χ0v) is 11.8. The van der Waals surface area contributed by atoms with Crippen molar-refractivity contribution in [1.82, 2.24) is 10.6 Å². The topological polar surface area (TPSA) is 67.4 Å². The molecule has 0 unspecified atom stereocenters. The maximum atomic E-state index is 12.0. The highest BCUT2D eigenvalue weighted by Gasteiger charge is 2.31. The molecule has 0 aromatic heterocycles. The minimum atomic E-state index is -0.476. The lowest BCUT2D eigenvalue weighted by molar-refractivity contribution is -0.132. The first kappa shape index (κ1) is 14.1. The van der Waals surface area contributed by atoms with Crippen LogP contribution in [0.5, 0.6) is 5.75 Å². The van der Waals surface area contributed by atoms with E-state index in [1.165, 1.54) is 0 Å². The van der Waals surface area contributed by atoms with Crippen LogP contribution in [0.1, 0.15) is 19.4 Å². The van der Waals surface area contributed by atoms with Crippen molar-refractivity contribution in [1.29, 1.82) is 0 Å². The molecule has 0 saturated carbocycles. The summed E-state index contributed by atoms with van der Waals surface area (Å²) >= 11 is 0. The molecule has 1 atom stereocenters. The number of rotatable bonds is 3. The maximum absolute atomic E-state index is 12.0. The van der Waals surface area contributed by atoms with Crippen LogP contribution in [-0.4, -0.2) is 25.0 Å². The second kappa shape index (κ2) is 5.77. The summed E-state index contributed by atoms with van der Waals surface area (Å²) in [5.41, 5.74) is 1.08. The number of carbonyl (C=O) groups is 2. The van der Waals surface area contributed by atoms with Crippen LogP contribution in [0.2, 0.25) is 0 Å². The van der Waals surface area contributed by atoms with Crippen molar-refractivity contribution in [3.8, 4) is 5.75 Å². The van der Waals surface area contributed by atoms with Gasteiger partial charge in [-0.15, -0.1) is 0 Å². The second-order valence-electron chi connectivity index (χ2n) is 5.02. The van der Waals surface area contributed by atoms with E-state index in [1.54, 1.807) is 25.3 Å². The number of benzene rings is 1. The van der Waals surface area contributed by atoms with E-state index in [-0.39, 0.29) is 23.4 Å². The Hall–Kier alpha value is -2.30. The van der Waals surface area contributed by atoms with Crippen LogP contribution in [0.25, 0.3) is 6.08 Å². The highest BCUT2D eigenvalue weighted by atomic mass is 16.5. The van der Waals surface area contributed by atoms with E-state index in [1.807, 2.05) is 26.0 Å². The van der Waals surface area contributed by atoms with Crippen molar-refractivity contribution in [2.45, 2.75) is 19.9 Å². The van der Waals surface area contributed by atoms with E-state index in [2.05, 4.69) is 10.6 Å². The minimum absolute atomic E-state index is 0.0569. The Balaban J connectivity index is 2.18. The first-order valence-electron chi connectivity index (χ1n) is 6.48. The smallest absolute Gasteiger partial charge is 0.268 e. The summed E-state index contributed by atoms with van der Waals surface area (Å²) in [4.78, 5) is 23.9. The highest BCUT2D eigenvalue weighted by Crippen LogP contribution is 2.15. The van der Waals surface area contributed by atoms with E-state index < -0.39 is 6.04 Å². The van der Waals surface area contributed by atoms with Gasteiger partial charge in [0.1, 0.15) is 17.5 Å². The molecule has 2 amide bonds. The molecule has 0 aliphatic carbocycles. The van der Waals surface area contributed by atoms with Gasteiger partial charge in [0.2, 0.25) is 5.91 Å². The van der Waals surface area contributed by atoms with Crippen LogP contribution < -0.4 is 15.4 Å². The van der Waals surface area contributed by atoms with Gasteiger partial charge in [0, 0.05) is 0 Å². The van der Waals surface area contributed by atoms with E-state index in [4.69, 9.17) is 4.74 Å². The van der Waals surface area contributed by atoms with E-state index in [0.29, 0.717) is 0 Å². The molecule has 5 heteroatoms. The number of hydrogen-bond acceptors (Lipinski definition) is 3. The molecule has 1 aromatic carbocycles. The molecular formula is C15H18N2O3. The molecule has 5 nitrogen and oxygen atoms in total. The van der Waals surface area contributed by atoms with Crippen molar-refractivity contribution in [3.63, 3.8) is 0 Å². The van der Waals surface area contributed by atoms with Gasteiger partial charge >= 0.3 is 0 Å². The summed E-state index contributed by atoms with van der Waals surface area (Å²) in [5.74, 6) is 0.351. The fourth-order valence-electron chi connectivity index (χ4n) is 1.99. The standard InChI is InChI=1S/C15H18N2O3/c1-9(2)13-15(19)16-12(14(18)17-13)8-10-4-6-11(20-3)7-5-10/h4-9,13H,1-3H3,(H,16,19)(H,17,18)/b12-8-/t13-/m0/s1. The van der Waals surface area contributed by atoms with Gasteiger partial charge in [-0.25, -0.2) is 0 Å². The largest absolute Gasteiger partial charge is 0.497 e. The molecule has 1 saturated heterocycles. The Labute approximate surface area is 118 Å². The van der Waals surface area contributed by atoms with Gasteiger partial charge in [-0.2, -0.15) is 0 Å². The predicted octanol–water partition coefficient (Wildman–Crippen LogP) is 1.31. The fraction of sp³-hybridized carbons (Fsp3) is 0.333. The second-order valence-corrected chi connectivity index (χ2v) is 5.02. The van der Waals surface area contributed by atoms with E-state index >= 15 is 0 Å². The van der Waals surface area contributed by atoms with Gasteiger partial charge in [-0.1, -0.05) is 26.0 Å². The summed E-state index contributed by atoms with van der Waals surface area (Å²) in [6.45, 7) is 3.78. The molecular weight excluding hydrogens is 256 g/mol. The average molecular weight is 274 g/mol. The van der Waals surface area contributed by atoms with E-state index in [0.717, 1.165) is 11.3 Å². The summed E-state index contributed by atoms with van der Waals surface area (Å²) in [5, 5.41) is 5.37. The Kier molecular flexibility index (Phi) is 4.08. The Morgan fingerprint density at radius 1 is 1.20 bits per heavy atom. The number of ether oxygens (including phenoxy) is 1. The van der Waals surface area contributed by atoms with Crippen molar-refractivity contribution in [2.75, 3.05) is 7.11 Å². The lowest BCUT2D eigenvalue weighted by atomic mass is 10.0. The molecule has 1 aromatic rings. The SMILES string of the molecule is COc1ccc(/C=C2\NC(=O)[C@H](C(C)C)NC2=O)cc1. The third kappa shape index (κ3) is 2.99. The maximum Gasteiger partial charge on any atom is 0.268 e. The molecule has 0 spiro atoms. The Bertz CT molecular complexity index is 547. The predicted molar refractivity (Wildman–Crippen MR) is 75.9 cm³/mol. The third-order valence-corrected chi connectivity index (χ3v) is 3.17. The summed E-state index contributed by atoms with van der Waals surface area (Å²) in [6.07, 6.45) is 1.64. The molecule has 1 fully saturated rings. The van der Waals surface area contributed by atoms with Crippen LogP contribution in [0.4, 0.5) is 0 Å². The average Bonchev–Trinajstić information content (AvgIpc) is 2.43. The van der Waals surface area contributed by atoms with Crippen LogP contribution in [-0.2, 0) is 9.59 Å². The molecule has 20 heavy (non-hydrogen) atoms. The minimum Gasteiger partial charge on any atom is -0.497 e. The molecule has 2 rings (SSSR count). The van der Waals surface area contributed by atoms with Gasteiger partial charge in [-0.3, -0.25) is 9.59 Å². The molecule has 1 aliphatic rings. The Morgan fingerprint density at radius 3 is 2.40 bits per heavy atom. The number of hydrogen-bond donors (Lipinski definition) is 2.